The maximum Gasteiger partial charge on any atom is 0.290 e. The summed E-state index contributed by atoms with van der Waals surface area (Å²) in [5.41, 5.74) is 7.87. The topological polar surface area (TPSA) is 85.3 Å². The van der Waals surface area contributed by atoms with Gasteiger partial charge >= 0.3 is 0 Å². The van der Waals surface area contributed by atoms with E-state index in [1.165, 1.54) is 0 Å². The number of carbonyl (C=O) groups is 2. The third-order valence-corrected chi connectivity index (χ3v) is 5.25. The van der Waals surface area contributed by atoms with Gasteiger partial charge in [0.05, 0.1) is 5.54 Å². The molecule has 4 rings (SSSR count). The Morgan fingerprint density at radius 1 is 1.03 bits per heavy atom. The SMILES string of the molecule is CC(C)(C)n1nc(C(=O)NNC(=O)COc2ccccc2-c2ccccc2)cc1C1CC1. The zero-order valence-electron chi connectivity index (χ0n) is 18.6. The maximum absolute atomic E-state index is 12.6. The van der Waals surface area contributed by atoms with E-state index in [0.717, 1.165) is 29.7 Å². The molecule has 1 heterocycles. The monoisotopic (exact) mass is 432 g/mol. The first-order valence-electron chi connectivity index (χ1n) is 10.8. The summed E-state index contributed by atoms with van der Waals surface area (Å²) in [5.74, 6) is 0.140. The number of nitrogens with one attached hydrogen (secondary N) is 2. The lowest BCUT2D eigenvalue weighted by atomic mass is 10.1. The van der Waals surface area contributed by atoms with E-state index in [1.54, 1.807) is 0 Å². The Morgan fingerprint density at radius 2 is 1.72 bits per heavy atom. The number of rotatable bonds is 6. The molecule has 0 saturated heterocycles. The van der Waals surface area contributed by atoms with Crippen molar-refractivity contribution in [2.45, 2.75) is 45.1 Å². The summed E-state index contributed by atoms with van der Waals surface area (Å²) in [6.45, 7) is 5.94. The van der Waals surface area contributed by atoms with E-state index in [4.69, 9.17) is 4.74 Å². The molecule has 1 fully saturated rings. The first-order chi connectivity index (χ1) is 15.3. The minimum Gasteiger partial charge on any atom is -0.483 e. The molecule has 0 atom stereocenters. The highest BCUT2D eigenvalue weighted by Crippen LogP contribution is 2.41. The number of carbonyl (C=O) groups excluding carboxylic acids is 2. The molecule has 2 N–H and O–H groups in total. The first-order valence-corrected chi connectivity index (χ1v) is 10.8. The highest BCUT2D eigenvalue weighted by atomic mass is 16.5. The first kappa shape index (κ1) is 21.6. The molecule has 32 heavy (non-hydrogen) atoms. The van der Waals surface area contributed by atoms with Crippen molar-refractivity contribution in [3.05, 3.63) is 72.1 Å². The second kappa shape index (κ2) is 8.86. The lowest BCUT2D eigenvalue weighted by molar-refractivity contribution is -0.123. The molecule has 0 aliphatic heterocycles. The normalized spacial score (nSPS) is 13.5. The van der Waals surface area contributed by atoms with Crippen LogP contribution in [0.1, 0.15) is 55.7 Å². The maximum atomic E-state index is 12.6. The minimum atomic E-state index is -0.459. The van der Waals surface area contributed by atoms with Crippen molar-refractivity contribution in [2.75, 3.05) is 6.61 Å². The Kier molecular flexibility index (Phi) is 5.99. The van der Waals surface area contributed by atoms with E-state index in [2.05, 4.69) is 36.7 Å². The van der Waals surface area contributed by atoms with Crippen LogP contribution in [0.3, 0.4) is 0 Å². The highest BCUT2D eigenvalue weighted by Gasteiger charge is 2.32. The van der Waals surface area contributed by atoms with Crippen LogP contribution in [-0.2, 0) is 10.3 Å². The van der Waals surface area contributed by atoms with Gasteiger partial charge in [0.2, 0.25) is 0 Å². The van der Waals surface area contributed by atoms with Gasteiger partial charge in [-0.25, -0.2) is 0 Å². The van der Waals surface area contributed by atoms with Gasteiger partial charge in [-0.1, -0.05) is 48.5 Å². The summed E-state index contributed by atoms with van der Waals surface area (Å²) in [6, 6.07) is 19.1. The van der Waals surface area contributed by atoms with Crippen molar-refractivity contribution < 1.29 is 14.3 Å². The van der Waals surface area contributed by atoms with Gasteiger partial charge in [0.1, 0.15) is 5.75 Å². The number of hydrogen-bond donors (Lipinski definition) is 2. The predicted molar refractivity (Wildman–Crippen MR) is 122 cm³/mol. The van der Waals surface area contributed by atoms with Crippen LogP contribution < -0.4 is 15.6 Å². The van der Waals surface area contributed by atoms with Crippen LogP contribution in [0.15, 0.2) is 60.7 Å². The fraction of sp³-hybridized carbons (Fsp3) is 0.320. The number of hydrogen-bond acceptors (Lipinski definition) is 4. The Bertz CT molecular complexity index is 1110. The molecular formula is C25H28N4O3. The van der Waals surface area contributed by atoms with Gasteiger partial charge in [-0.3, -0.25) is 25.1 Å². The molecule has 1 aliphatic carbocycles. The largest absolute Gasteiger partial charge is 0.483 e. The van der Waals surface area contributed by atoms with Crippen LogP contribution in [-0.4, -0.2) is 28.2 Å². The number of benzene rings is 2. The van der Waals surface area contributed by atoms with Gasteiger partial charge in [0, 0.05) is 17.2 Å². The van der Waals surface area contributed by atoms with E-state index in [0.29, 0.717) is 11.7 Å². The zero-order chi connectivity index (χ0) is 22.7. The van der Waals surface area contributed by atoms with Gasteiger partial charge in [-0.05, 0) is 51.3 Å². The average molecular weight is 433 g/mol. The molecule has 7 heteroatoms. The molecule has 1 aromatic heterocycles. The van der Waals surface area contributed by atoms with E-state index in [-0.39, 0.29) is 17.8 Å². The van der Waals surface area contributed by atoms with Crippen molar-refractivity contribution in [1.29, 1.82) is 0 Å². The molecule has 2 amide bonds. The van der Waals surface area contributed by atoms with E-state index in [9.17, 15) is 9.59 Å². The Labute approximate surface area is 187 Å². The fourth-order valence-corrected chi connectivity index (χ4v) is 3.53. The van der Waals surface area contributed by atoms with Gasteiger partial charge in [0.25, 0.3) is 11.8 Å². The number of amides is 2. The van der Waals surface area contributed by atoms with Crippen LogP contribution >= 0.6 is 0 Å². The van der Waals surface area contributed by atoms with Crippen LogP contribution in [0.4, 0.5) is 0 Å². The Morgan fingerprint density at radius 3 is 2.41 bits per heavy atom. The van der Waals surface area contributed by atoms with Crippen molar-refractivity contribution in [1.82, 2.24) is 20.6 Å². The summed E-state index contributed by atoms with van der Waals surface area (Å²) < 4.78 is 7.62. The zero-order valence-corrected chi connectivity index (χ0v) is 18.6. The quantitative estimate of drug-likeness (QED) is 0.576. The summed E-state index contributed by atoms with van der Waals surface area (Å²) in [5, 5.41) is 4.48. The number of nitrogens with zero attached hydrogens (tertiary/aromatic N) is 2. The second-order valence-electron chi connectivity index (χ2n) is 8.96. The van der Waals surface area contributed by atoms with Gasteiger partial charge in [-0.15, -0.1) is 0 Å². The summed E-state index contributed by atoms with van der Waals surface area (Å²) >= 11 is 0. The molecule has 0 spiro atoms. The highest BCUT2D eigenvalue weighted by molar-refractivity contribution is 5.94. The Hall–Kier alpha value is -3.61. The molecule has 3 aromatic rings. The van der Waals surface area contributed by atoms with Crippen molar-refractivity contribution >= 4 is 11.8 Å². The molecule has 0 unspecified atom stereocenters. The lowest BCUT2D eigenvalue weighted by Crippen LogP contribution is -2.44. The molecule has 0 bridgehead atoms. The van der Waals surface area contributed by atoms with E-state index < -0.39 is 11.8 Å². The summed E-state index contributed by atoms with van der Waals surface area (Å²) in [4.78, 5) is 24.8. The number of para-hydroxylation sites is 1. The fourth-order valence-electron chi connectivity index (χ4n) is 3.53. The van der Waals surface area contributed by atoms with Crippen molar-refractivity contribution in [3.8, 4) is 16.9 Å². The molecule has 1 saturated carbocycles. The molecule has 2 aromatic carbocycles. The third kappa shape index (κ3) is 4.99. The van der Waals surface area contributed by atoms with Crippen LogP contribution in [0, 0.1) is 0 Å². The van der Waals surface area contributed by atoms with Crippen LogP contribution in [0.5, 0.6) is 5.75 Å². The molecule has 7 nitrogen and oxygen atoms in total. The standard InChI is InChI=1S/C25H28N4O3/c1-25(2,3)29-21(18-13-14-18)15-20(28-29)24(31)27-26-23(30)16-32-22-12-8-7-11-19(22)17-9-5-4-6-10-17/h4-12,15,18H,13-14,16H2,1-3H3,(H,26,30)(H,27,31). The van der Waals surface area contributed by atoms with Crippen molar-refractivity contribution in [3.63, 3.8) is 0 Å². The Balaban J connectivity index is 1.35. The molecule has 0 radical (unpaired) electrons. The van der Waals surface area contributed by atoms with Crippen LogP contribution in [0.2, 0.25) is 0 Å². The third-order valence-electron chi connectivity index (χ3n) is 5.25. The van der Waals surface area contributed by atoms with Gasteiger partial charge in [0.15, 0.2) is 12.3 Å². The van der Waals surface area contributed by atoms with Gasteiger partial charge < -0.3 is 4.74 Å². The minimum absolute atomic E-state index is 0.223. The smallest absolute Gasteiger partial charge is 0.290 e. The lowest BCUT2D eigenvalue weighted by Gasteiger charge is -2.22. The molecule has 1 aliphatic rings. The number of aromatic nitrogens is 2. The second-order valence-corrected chi connectivity index (χ2v) is 8.96. The number of hydrazine groups is 1. The predicted octanol–water partition coefficient (Wildman–Crippen LogP) is 4.02. The number of ether oxygens (including phenoxy) is 1. The van der Waals surface area contributed by atoms with E-state index >= 15 is 0 Å². The molecule has 166 valence electrons. The van der Waals surface area contributed by atoms with Gasteiger partial charge in [-0.2, -0.15) is 5.10 Å². The van der Waals surface area contributed by atoms with Crippen LogP contribution in [0.25, 0.3) is 11.1 Å². The summed E-state index contributed by atoms with van der Waals surface area (Å²) in [6.07, 6.45) is 2.22. The molecular weight excluding hydrogens is 404 g/mol. The van der Waals surface area contributed by atoms with Crippen molar-refractivity contribution in [2.24, 2.45) is 0 Å². The average Bonchev–Trinajstić information content (AvgIpc) is 3.53. The van der Waals surface area contributed by atoms with E-state index in [1.807, 2.05) is 65.3 Å². The summed E-state index contributed by atoms with van der Waals surface area (Å²) in [7, 11) is 0.